The normalized spacial score (nSPS) is 17.9. The van der Waals surface area contributed by atoms with Crippen LogP contribution in [0.5, 0.6) is 0 Å². The maximum Gasteiger partial charge on any atom is 0.319 e. The number of H-pyrrole nitrogens is 1. The molecule has 4 amide bonds. The largest absolute Gasteiger partial charge is 0.339 e. The fourth-order valence-electron chi connectivity index (χ4n) is 5.17. The Morgan fingerprint density at radius 2 is 1.89 bits per heavy atom. The molecule has 0 bridgehead atoms. The molecule has 3 N–H and O–H groups in total. The molecule has 1 aromatic carbocycles. The van der Waals surface area contributed by atoms with E-state index in [1.807, 2.05) is 63.2 Å². The molecule has 10 nitrogen and oxygen atoms in total. The number of carbonyl (C=O) groups is 3. The van der Waals surface area contributed by atoms with E-state index in [4.69, 9.17) is 0 Å². The standard InChI is InChI=1S/C27H37N7O3/c1-6-22(35)33-14-12-19(13-15-33)25(36)29-24-20-16-34(27(2,3)23(20)30-31-24)26(37)28-21(17-32(4)5)18-10-8-7-9-11-18/h6-11,19,21H,1,12-17H2,2-5H3,(H,28,37)(H2,29,30,31,36)/t21-/m1/s1. The zero-order valence-electron chi connectivity index (χ0n) is 22.1. The molecule has 37 heavy (non-hydrogen) atoms. The highest BCUT2D eigenvalue weighted by Gasteiger charge is 2.44. The van der Waals surface area contributed by atoms with Crippen LogP contribution in [0, 0.1) is 5.92 Å². The molecule has 1 atom stereocenters. The average molecular weight is 508 g/mol. The van der Waals surface area contributed by atoms with Crippen molar-refractivity contribution in [1.29, 1.82) is 0 Å². The lowest BCUT2D eigenvalue weighted by atomic mass is 9.95. The van der Waals surface area contributed by atoms with E-state index >= 15 is 0 Å². The SMILES string of the molecule is C=CC(=O)N1CCC(C(=O)Nc2n[nH]c3c2CN(C(=O)N[C@H](CN(C)C)c2ccccc2)C3(C)C)CC1. The number of hydrogen-bond acceptors (Lipinski definition) is 5. The molecule has 2 aromatic rings. The minimum absolute atomic E-state index is 0.107. The lowest BCUT2D eigenvalue weighted by Crippen LogP contribution is -2.48. The Kier molecular flexibility index (Phi) is 7.68. The van der Waals surface area contributed by atoms with Crippen LogP contribution in [-0.2, 0) is 21.7 Å². The molecule has 4 rings (SSSR count). The molecular formula is C27H37N7O3. The van der Waals surface area contributed by atoms with Crippen LogP contribution in [0.25, 0.3) is 0 Å². The number of likely N-dealkylation sites (N-methyl/N-ethyl adjacent to an activating group) is 1. The Morgan fingerprint density at radius 3 is 2.51 bits per heavy atom. The molecule has 1 aromatic heterocycles. The lowest BCUT2D eigenvalue weighted by Gasteiger charge is -2.34. The van der Waals surface area contributed by atoms with E-state index in [2.05, 4.69) is 27.4 Å². The maximum atomic E-state index is 13.5. The van der Waals surface area contributed by atoms with Gasteiger partial charge in [0.2, 0.25) is 11.8 Å². The Hall–Kier alpha value is -3.66. The number of aromatic nitrogens is 2. The van der Waals surface area contributed by atoms with Gasteiger partial charge in [0, 0.05) is 31.1 Å². The highest BCUT2D eigenvalue weighted by atomic mass is 16.2. The van der Waals surface area contributed by atoms with Crippen LogP contribution in [0.3, 0.4) is 0 Å². The van der Waals surface area contributed by atoms with Gasteiger partial charge in [0.05, 0.1) is 23.8 Å². The number of likely N-dealkylation sites (tertiary alicyclic amines) is 1. The van der Waals surface area contributed by atoms with Crippen molar-refractivity contribution in [3.05, 3.63) is 59.8 Å². The number of piperidine rings is 1. The third-order valence-corrected chi connectivity index (χ3v) is 7.36. The van der Waals surface area contributed by atoms with E-state index in [1.54, 1.807) is 9.80 Å². The van der Waals surface area contributed by atoms with Gasteiger partial charge in [-0.1, -0.05) is 36.9 Å². The Bertz CT molecular complexity index is 1150. The molecule has 10 heteroatoms. The summed E-state index contributed by atoms with van der Waals surface area (Å²) in [5.41, 5.74) is 2.03. The van der Waals surface area contributed by atoms with Crippen LogP contribution in [0.2, 0.25) is 0 Å². The van der Waals surface area contributed by atoms with E-state index in [0.29, 0.717) is 44.8 Å². The van der Waals surface area contributed by atoms with Gasteiger partial charge < -0.3 is 25.3 Å². The number of urea groups is 1. The van der Waals surface area contributed by atoms with Gasteiger partial charge in [-0.15, -0.1) is 0 Å². The zero-order valence-corrected chi connectivity index (χ0v) is 22.1. The molecule has 0 spiro atoms. The summed E-state index contributed by atoms with van der Waals surface area (Å²) in [6, 6.07) is 9.58. The molecule has 0 radical (unpaired) electrons. The number of hydrogen-bond donors (Lipinski definition) is 3. The zero-order chi connectivity index (χ0) is 26.7. The fourth-order valence-corrected chi connectivity index (χ4v) is 5.17. The van der Waals surface area contributed by atoms with Crippen molar-refractivity contribution in [3.63, 3.8) is 0 Å². The van der Waals surface area contributed by atoms with Crippen LogP contribution in [0.4, 0.5) is 10.6 Å². The molecule has 0 aliphatic carbocycles. The lowest BCUT2D eigenvalue weighted by molar-refractivity contribution is -0.130. The second-order valence-corrected chi connectivity index (χ2v) is 10.5. The second-order valence-electron chi connectivity index (χ2n) is 10.5. The summed E-state index contributed by atoms with van der Waals surface area (Å²) < 4.78 is 0. The summed E-state index contributed by atoms with van der Waals surface area (Å²) in [4.78, 5) is 43.9. The van der Waals surface area contributed by atoms with Crippen molar-refractivity contribution in [2.75, 3.05) is 39.0 Å². The van der Waals surface area contributed by atoms with Gasteiger partial charge in [0.25, 0.3) is 0 Å². The molecule has 2 aliphatic heterocycles. The Morgan fingerprint density at radius 1 is 1.22 bits per heavy atom. The van der Waals surface area contributed by atoms with Gasteiger partial charge >= 0.3 is 6.03 Å². The first-order valence-electron chi connectivity index (χ1n) is 12.7. The monoisotopic (exact) mass is 507 g/mol. The van der Waals surface area contributed by atoms with Gasteiger partial charge in [-0.2, -0.15) is 5.10 Å². The number of rotatable bonds is 7. The van der Waals surface area contributed by atoms with E-state index in [0.717, 1.165) is 16.8 Å². The van der Waals surface area contributed by atoms with Crippen LogP contribution in [0.1, 0.15) is 49.6 Å². The number of amides is 4. The van der Waals surface area contributed by atoms with Crippen LogP contribution in [0.15, 0.2) is 43.0 Å². The summed E-state index contributed by atoms with van der Waals surface area (Å²) >= 11 is 0. The molecular weight excluding hydrogens is 470 g/mol. The first kappa shape index (κ1) is 26.4. The third-order valence-electron chi connectivity index (χ3n) is 7.36. The molecule has 0 saturated carbocycles. The maximum absolute atomic E-state index is 13.5. The molecule has 0 unspecified atom stereocenters. The van der Waals surface area contributed by atoms with Crippen LogP contribution < -0.4 is 10.6 Å². The van der Waals surface area contributed by atoms with Gasteiger partial charge in [-0.25, -0.2) is 4.79 Å². The third kappa shape index (κ3) is 5.53. The summed E-state index contributed by atoms with van der Waals surface area (Å²) in [6.07, 6.45) is 2.48. The number of benzene rings is 1. The molecule has 3 heterocycles. The average Bonchev–Trinajstić information content (AvgIpc) is 3.41. The smallest absolute Gasteiger partial charge is 0.319 e. The van der Waals surface area contributed by atoms with Gasteiger partial charge in [0.15, 0.2) is 5.82 Å². The van der Waals surface area contributed by atoms with Crippen LogP contribution in [-0.4, -0.2) is 76.5 Å². The topological polar surface area (TPSA) is 114 Å². The van der Waals surface area contributed by atoms with Crippen molar-refractivity contribution in [1.82, 2.24) is 30.2 Å². The first-order chi connectivity index (χ1) is 17.6. The quantitative estimate of drug-likeness (QED) is 0.499. The van der Waals surface area contributed by atoms with E-state index in [-0.39, 0.29) is 29.8 Å². The molecule has 1 saturated heterocycles. The molecule has 2 aliphatic rings. The first-order valence-corrected chi connectivity index (χ1v) is 12.7. The van der Waals surface area contributed by atoms with Gasteiger partial charge in [-0.05, 0) is 52.4 Å². The fraction of sp³-hybridized carbons (Fsp3) is 0.481. The van der Waals surface area contributed by atoms with Crippen molar-refractivity contribution in [3.8, 4) is 0 Å². The van der Waals surface area contributed by atoms with Crippen molar-refractivity contribution >= 4 is 23.7 Å². The van der Waals surface area contributed by atoms with E-state index in [1.165, 1.54) is 6.08 Å². The number of anilines is 1. The summed E-state index contributed by atoms with van der Waals surface area (Å²) in [6.45, 7) is 9.51. The molecule has 198 valence electrons. The second kappa shape index (κ2) is 10.8. The van der Waals surface area contributed by atoms with E-state index in [9.17, 15) is 14.4 Å². The summed E-state index contributed by atoms with van der Waals surface area (Å²) in [7, 11) is 3.96. The highest BCUT2D eigenvalue weighted by Crippen LogP contribution is 2.41. The number of nitrogens with one attached hydrogen (secondary N) is 3. The predicted octanol–water partition coefficient (Wildman–Crippen LogP) is 2.84. The highest BCUT2D eigenvalue weighted by molar-refractivity contribution is 5.93. The number of carbonyl (C=O) groups excluding carboxylic acids is 3. The predicted molar refractivity (Wildman–Crippen MR) is 142 cm³/mol. The van der Waals surface area contributed by atoms with E-state index < -0.39 is 5.54 Å². The minimum Gasteiger partial charge on any atom is -0.339 e. The number of fused-ring (bicyclic) bond motifs is 1. The van der Waals surface area contributed by atoms with Gasteiger partial charge in [0.1, 0.15) is 0 Å². The number of nitrogens with zero attached hydrogens (tertiary/aromatic N) is 4. The van der Waals surface area contributed by atoms with Crippen molar-refractivity contribution in [2.45, 2.75) is 44.8 Å². The minimum atomic E-state index is -0.634. The Balaban J connectivity index is 1.44. The summed E-state index contributed by atoms with van der Waals surface area (Å²) in [5, 5.41) is 13.6. The summed E-state index contributed by atoms with van der Waals surface area (Å²) in [5.74, 6) is 0.0362. The molecule has 1 fully saturated rings. The van der Waals surface area contributed by atoms with Crippen molar-refractivity contribution in [2.24, 2.45) is 5.92 Å². The van der Waals surface area contributed by atoms with Crippen molar-refractivity contribution < 1.29 is 14.4 Å². The van der Waals surface area contributed by atoms with Crippen LogP contribution >= 0.6 is 0 Å². The van der Waals surface area contributed by atoms with Gasteiger partial charge in [-0.3, -0.25) is 14.7 Å². The number of aromatic amines is 1. The Labute approximate surface area is 218 Å².